The molecule has 0 atom stereocenters. The quantitative estimate of drug-likeness (QED) is 0.716. The summed E-state index contributed by atoms with van der Waals surface area (Å²) in [5, 5.41) is 14.9. The average Bonchev–Trinajstić information content (AvgIpc) is 2.69. The lowest BCUT2D eigenvalue weighted by molar-refractivity contribution is 0.0949. The van der Waals surface area contributed by atoms with Gasteiger partial charge in [-0.05, 0) is 48.4 Å². The molecule has 0 unspecified atom stereocenters. The second-order valence-electron chi connectivity index (χ2n) is 5.74. The van der Waals surface area contributed by atoms with E-state index in [4.69, 9.17) is 5.26 Å². The number of anilines is 2. The number of carbonyl (C=O) groups excluding carboxylic acids is 1. The minimum absolute atomic E-state index is 0.204. The molecule has 0 aliphatic carbocycles. The minimum atomic E-state index is -0.204. The minimum Gasteiger partial charge on any atom is -0.355 e. The number of benzene rings is 2. The van der Waals surface area contributed by atoms with Gasteiger partial charge in [-0.25, -0.2) is 0 Å². The first-order valence-electron chi connectivity index (χ1n) is 8.30. The van der Waals surface area contributed by atoms with Crippen molar-refractivity contribution in [1.82, 2.24) is 10.3 Å². The maximum absolute atomic E-state index is 12.3. The number of nitriles is 1. The number of rotatable bonds is 6. The van der Waals surface area contributed by atoms with E-state index in [-0.39, 0.29) is 5.91 Å². The van der Waals surface area contributed by atoms with Gasteiger partial charge in [0.15, 0.2) is 0 Å². The monoisotopic (exact) mass is 342 g/mol. The zero-order chi connectivity index (χ0) is 18.2. The molecule has 5 heteroatoms. The fourth-order valence-corrected chi connectivity index (χ4v) is 2.48. The summed E-state index contributed by atoms with van der Waals surface area (Å²) in [6, 6.07) is 22.7. The lowest BCUT2D eigenvalue weighted by atomic mass is 10.1. The molecule has 0 fully saturated rings. The third kappa shape index (κ3) is 4.68. The number of amides is 1. The Hall–Kier alpha value is -3.65. The molecule has 2 aromatic carbocycles. The van der Waals surface area contributed by atoms with E-state index in [1.165, 1.54) is 5.56 Å². The highest BCUT2D eigenvalue weighted by atomic mass is 16.1. The number of hydrogen-bond donors (Lipinski definition) is 2. The summed E-state index contributed by atoms with van der Waals surface area (Å²) in [6.07, 6.45) is 2.37. The van der Waals surface area contributed by atoms with Crippen molar-refractivity contribution in [3.63, 3.8) is 0 Å². The van der Waals surface area contributed by atoms with Crippen LogP contribution >= 0.6 is 0 Å². The van der Waals surface area contributed by atoms with E-state index in [0.29, 0.717) is 17.8 Å². The number of pyridine rings is 1. The maximum Gasteiger partial charge on any atom is 0.269 e. The highest BCUT2D eigenvalue weighted by molar-refractivity contribution is 5.93. The topological polar surface area (TPSA) is 77.8 Å². The van der Waals surface area contributed by atoms with Gasteiger partial charge in [0.05, 0.1) is 11.6 Å². The summed E-state index contributed by atoms with van der Waals surface area (Å²) in [5.74, 6) is -0.204. The molecule has 0 bridgehead atoms. The van der Waals surface area contributed by atoms with Crippen molar-refractivity contribution in [2.24, 2.45) is 0 Å². The van der Waals surface area contributed by atoms with Crippen LogP contribution in [0.1, 0.15) is 21.6 Å². The van der Waals surface area contributed by atoms with E-state index >= 15 is 0 Å². The molecule has 3 rings (SSSR count). The Morgan fingerprint density at radius 2 is 1.77 bits per heavy atom. The molecule has 0 spiro atoms. The Kier molecular flexibility index (Phi) is 5.58. The third-order valence-electron chi connectivity index (χ3n) is 3.84. The van der Waals surface area contributed by atoms with Crippen LogP contribution in [0.4, 0.5) is 11.4 Å². The van der Waals surface area contributed by atoms with E-state index < -0.39 is 0 Å². The Morgan fingerprint density at radius 1 is 1.00 bits per heavy atom. The van der Waals surface area contributed by atoms with Crippen LogP contribution in [0.25, 0.3) is 0 Å². The van der Waals surface area contributed by atoms with Gasteiger partial charge in [0, 0.05) is 24.1 Å². The normalized spacial score (nSPS) is 9.96. The molecule has 0 saturated carbocycles. The molecule has 26 heavy (non-hydrogen) atoms. The van der Waals surface area contributed by atoms with Gasteiger partial charge in [-0.15, -0.1) is 0 Å². The van der Waals surface area contributed by atoms with Crippen molar-refractivity contribution in [3.8, 4) is 6.07 Å². The molecule has 0 aliphatic rings. The smallest absolute Gasteiger partial charge is 0.269 e. The van der Waals surface area contributed by atoms with Gasteiger partial charge >= 0.3 is 0 Å². The highest BCUT2D eigenvalue weighted by Crippen LogP contribution is 2.17. The number of nitrogens with zero attached hydrogens (tertiary/aromatic N) is 2. The van der Waals surface area contributed by atoms with Gasteiger partial charge in [0.2, 0.25) is 0 Å². The van der Waals surface area contributed by atoms with Gasteiger partial charge in [0.25, 0.3) is 5.91 Å². The lowest BCUT2D eigenvalue weighted by Crippen LogP contribution is -2.26. The zero-order valence-corrected chi connectivity index (χ0v) is 14.1. The summed E-state index contributed by atoms with van der Waals surface area (Å²) in [5.41, 5.74) is 3.74. The van der Waals surface area contributed by atoms with E-state index in [1.54, 1.807) is 30.5 Å². The van der Waals surface area contributed by atoms with Crippen LogP contribution in [0.2, 0.25) is 0 Å². The second kappa shape index (κ2) is 8.45. The summed E-state index contributed by atoms with van der Waals surface area (Å²) in [4.78, 5) is 16.4. The first-order chi connectivity index (χ1) is 12.7. The van der Waals surface area contributed by atoms with Gasteiger partial charge in [0.1, 0.15) is 5.69 Å². The Labute approximate surface area is 152 Å². The van der Waals surface area contributed by atoms with Crippen molar-refractivity contribution < 1.29 is 4.79 Å². The molecule has 128 valence electrons. The Bertz CT molecular complexity index is 915. The third-order valence-corrected chi connectivity index (χ3v) is 3.84. The van der Waals surface area contributed by atoms with Crippen LogP contribution < -0.4 is 10.6 Å². The predicted molar refractivity (Wildman–Crippen MR) is 101 cm³/mol. The van der Waals surface area contributed by atoms with Crippen molar-refractivity contribution in [2.75, 3.05) is 11.9 Å². The number of hydrogen-bond acceptors (Lipinski definition) is 4. The van der Waals surface area contributed by atoms with Crippen LogP contribution in [0, 0.1) is 11.3 Å². The maximum atomic E-state index is 12.3. The number of nitrogens with one attached hydrogen (secondary N) is 2. The van der Waals surface area contributed by atoms with Crippen molar-refractivity contribution >= 4 is 17.3 Å². The molecule has 1 aromatic heterocycles. The highest BCUT2D eigenvalue weighted by Gasteiger charge is 2.07. The van der Waals surface area contributed by atoms with Crippen molar-refractivity contribution in [3.05, 3.63) is 89.7 Å². The Balaban J connectivity index is 1.59. The van der Waals surface area contributed by atoms with Gasteiger partial charge in [-0.3, -0.25) is 9.78 Å². The SMILES string of the molecule is N#Cc1ccc(Nc2ccnc(C(=O)NCCc3ccccc3)c2)cc1. The fourth-order valence-electron chi connectivity index (χ4n) is 2.48. The molecule has 0 radical (unpaired) electrons. The molecule has 1 amide bonds. The summed E-state index contributed by atoms with van der Waals surface area (Å²) >= 11 is 0. The fraction of sp³-hybridized carbons (Fsp3) is 0.0952. The molecule has 2 N–H and O–H groups in total. The molecular formula is C21H18N4O. The zero-order valence-electron chi connectivity index (χ0n) is 14.1. The second-order valence-corrected chi connectivity index (χ2v) is 5.74. The van der Waals surface area contributed by atoms with Crippen LogP contribution in [0.15, 0.2) is 72.9 Å². The largest absolute Gasteiger partial charge is 0.355 e. The molecule has 5 nitrogen and oxygen atoms in total. The standard InChI is InChI=1S/C21H18N4O/c22-15-17-6-8-18(9-7-17)25-19-11-13-23-20(14-19)21(26)24-12-10-16-4-2-1-3-5-16/h1-9,11,13-14H,10,12H2,(H,23,25)(H,24,26). The van der Waals surface area contributed by atoms with E-state index in [9.17, 15) is 4.79 Å². The lowest BCUT2D eigenvalue weighted by Gasteiger charge is -2.09. The summed E-state index contributed by atoms with van der Waals surface area (Å²) < 4.78 is 0. The number of carbonyl (C=O) groups is 1. The van der Waals surface area contributed by atoms with Gasteiger partial charge in [-0.2, -0.15) is 5.26 Å². The van der Waals surface area contributed by atoms with E-state index in [1.807, 2.05) is 42.5 Å². The van der Waals surface area contributed by atoms with Gasteiger partial charge < -0.3 is 10.6 Å². The molecular weight excluding hydrogens is 324 g/mol. The predicted octanol–water partition coefficient (Wildman–Crippen LogP) is 3.67. The van der Waals surface area contributed by atoms with E-state index in [0.717, 1.165) is 17.8 Å². The molecule has 0 aliphatic heterocycles. The van der Waals surface area contributed by atoms with Gasteiger partial charge in [-0.1, -0.05) is 30.3 Å². The first-order valence-corrected chi connectivity index (χ1v) is 8.30. The van der Waals surface area contributed by atoms with Crippen LogP contribution in [-0.2, 0) is 6.42 Å². The van der Waals surface area contributed by atoms with Crippen LogP contribution in [0.3, 0.4) is 0 Å². The van der Waals surface area contributed by atoms with E-state index in [2.05, 4.69) is 21.7 Å². The number of aromatic nitrogens is 1. The van der Waals surface area contributed by atoms with Crippen molar-refractivity contribution in [1.29, 1.82) is 5.26 Å². The molecule has 1 heterocycles. The van der Waals surface area contributed by atoms with Crippen LogP contribution in [0.5, 0.6) is 0 Å². The summed E-state index contributed by atoms with van der Waals surface area (Å²) in [6.45, 7) is 0.553. The first kappa shape index (κ1) is 17.2. The van der Waals surface area contributed by atoms with Crippen molar-refractivity contribution in [2.45, 2.75) is 6.42 Å². The Morgan fingerprint density at radius 3 is 2.50 bits per heavy atom. The average molecular weight is 342 g/mol. The summed E-state index contributed by atoms with van der Waals surface area (Å²) in [7, 11) is 0. The molecule has 0 saturated heterocycles. The van der Waals surface area contributed by atoms with Crippen LogP contribution in [-0.4, -0.2) is 17.4 Å². The molecule has 3 aromatic rings.